The van der Waals surface area contributed by atoms with Crippen LogP contribution < -0.4 is 0 Å². The Kier molecular flexibility index (Phi) is 5.93. The summed E-state index contributed by atoms with van der Waals surface area (Å²) in [5, 5.41) is 14.0. The van der Waals surface area contributed by atoms with Crippen LogP contribution in [0, 0.1) is 6.92 Å². The first-order valence-corrected chi connectivity index (χ1v) is 9.06. The van der Waals surface area contributed by atoms with Crippen LogP contribution in [0.1, 0.15) is 66.5 Å². The molecule has 0 aliphatic heterocycles. The number of aromatic nitrogens is 6. The highest BCUT2D eigenvalue weighted by Crippen LogP contribution is 2.22. The molecule has 2 N–H and O–H groups in total. The highest BCUT2D eigenvalue weighted by molar-refractivity contribution is 5.41. The van der Waals surface area contributed by atoms with Gasteiger partial charge in [-0.25, -0.2) is 9.97 Å². The van der Waals surface area contributed by atoms with Crippen molar-refractivity contribution in [3.05, 3.63) is 58.7 Å². The fourth-order valence-electron chi connectivity index (χ4n) is 3.16. The van der Waals surface area contributed by atoms with Gasteiger partial charge in [0, 0.05) is 12.8 Å². The second-order valence-electron chi connectivity index (χ2n) is 6.53. The van der Waals surface area contributed by atoms with Crippen LogP contribution in [0.25, 0.3) is 0 Å². The van der Waals surface area contributed by atoms with Gasteiger partial charge in [0.2, 0.25) is 0 Å². The van der Waals surface area contributed by atoms with Crippen molar-refractivity contribution in [2.45, 2.75) is 58.8 Å². The Hall–Kier alpha value is -2.50. The minimum absolute atomic E-state index is 0.749. The van der Waals surface area contributed by atoms with Crippen molar-refractivity contribution in [3.8, 4) is 0 Å². The van der Waals surface area contributed by atoms with Gasteiger partial charge in [-0.15, -0.1) is 0 Å². The van der Waals surface area contributed by atoms with Crippen LogP contribution in [0.3, 0.4) is 0 Å². The molecule has 0 aliphatic carbocycles. The van der Waals surface area contributed by atoms with Crippen LogP contribution in [0.15, 0.2) is 24.8 Å². The highest BCUT2D eigenvalue weighted by atomic mass is 15.2. The smallest absolute Gasteiger partial charge is 0.154 e. The van der Waals surface area contributed by atoms with Gasteiger partial charge in [0.25, 0.3) is 0 Å². The molecule has 0 bridgehead atoms. The predicted molar refractivity (Wildman–Crippen MR) is 97.4 cm³/mol. The Morgan fingerprint density at radius 2 is 1.44 bits per heavy atom. The van der Waals surface area contributed by atoms with Gasteiger partial charge in [0.15, 0.2) is 11.6 Å². The zero-order valence-electron chi connectivity index (χ0n) is 15.0. The Morgan fingerprint density at radius 3 is 1.92 bits per heavy atom. The van der Waals surface area contributed by atoms with Gasteiger partial charge in [-0.2, -0.15) is 10.2 Å². The minimum Gasteiger partial charge on any atom is -0.266 e. The number of nitrogens with one attached hydrogen (secondary N) is 2. The van der Waals surface area contributed by atoms with Crippen molar-refractivity contribution >= 4 is 0 Å². The summed E-state index contributed by atoms with van der Waals surface area (Å²) in [5.41, 5.74) is 5.25. The van der Waals surface area contributed by atoms with Crippen molar-refractivity contribution in [1.29, 1.82) is 0 Å². The number of hydrogen-bond donors (Lipinski definition) is 2. The van der Waals surface area contributed by atoms with E-state index in [1.165, 1.54) is 47.9 Å². The summed E-state index contributed by atoms with van der Waals surface area (Å²) < 4.78 is 0. The van der Waals surface area contributed by atoms with E-state index in [4.69, 9.17) is 0 Å². The van der Waals surface area contributed by atoms with Gasteiger partial charge in [0.1, 0.15) is 12.7 Å². The topological polar surface area (TPSA) is 83.1 Å². The summed E-state index contributed by atoms with van der Waals surface area (Å²) in [4.78, 5) is 8.56. The molecule has 3 rings (SSSR count). The lowest BCUT2D eigenvalue weighted by molar-refractivity contribution is 0.666. The summed E-state index contributed by atoms with van der Waals surface area (Å²) in [6.45, 7) is 4.42. The molecular weight excluding hydrogens is 312 g/mol. The van der Waals surface area contributed by atoms with Crippen LogP contribution in [0.5, 0.6) is 0 Å². The lowest BCUT2D eigenvalue weighted by Gasteiger charge is -2.13. The van der Waals surface area contributed by atoms with Crippen LogP contribution >= 0.6 is 0 Å². The fraction of sp³-hybridized carbons (Fsp3) is 0.474. The summed E-state index contributed by atoms with van der Waals surface area (Å²) in [5.74, 6) is 1.66. The minimum atomic E-state index is 0.749. The molecule has 0 unspecified atom stereocenters. The van der Waals surface area contributed by atoms with E-state index in [0.29, 0.717) is 0 Å². The van der Waals surface area contributed by atoms with Gasteiger partial charge in [-0.3, -0.25) is 10.2 Å². The number of H-pyrrole nitrogens is 2. The van der Waals surface area contributed by atoms with Crippen LogP contribution in [0.4, 0.5) is 0 Å². The van der Waals surface area contributed by atoms with Gasteiger partial charge >= 0.3 is 0 Å². The molecule has 0 aliphatic rings. The highest BCUT2D eigenvalue weighted by Gasteiger charge is 2.12. The van der Waals surface area contributed by atoms with Crippen molar-refractivity contribution in [1.82, 2.24) is 30.4 Å². The van der Waals surface area contributed by atoms with Crippen molar-refractivity contribution in [2.24, 2.45) is 0 Å². The number of unbranched alkanes of at least 4 members (excludes halogenated alkanes) is 3. The van der Waals surface area contributed by atoms with Crippen molar-refractivity contribution in [3.63, 3.8) is 0 Å². The molecule has 6 nitrogen and oxygen atoms in total. The molecule has 0 fully saturated rings. The predicted octanol–water partition coefficient (Wildman–Crippen LogP) is 3.54. The Bertz CT molecular complexity index is 704. The maximum atomic E-state index is 4.28. The van der Waals surface area contributed by atoms with Crippen LogP contribution in [0.2, 0.25) is 0 Å². The third-order valence-electron chi connectivity index (χ3n) is 4.63. The molecule has 6 heteroatoms. The van der Waals surface area contributed by atoms with Crippen LogP contribution in [-0.2, 0) is 19.3 Å². The number of aryl methyl sites for hydroxylation is 1. The first-order valence-electron chi connectivity index (χ1n) is 9.06. The molecule has 0 saturated carbocycles. The molecule has 3 aromatic rings. The normalized spacial score (nSPS) is 11.1. The quantitative estimate of drug-likeness (QED) is 0.585. The molecule has 2 heterocycles. The number of nitrogens with zero attached hydrogens (tertiary/aromatic N) is 4. The van der Waals surface area contributed by atoms with E-state index in [1.54, 1.807) is 12.7 Å². The second kappa shape index (κ2) is 8.55. The summed E-state index contributed by atoms with van der Waals surface area (Å²) in [6.07, 6.45) is 11.0. The summed E-state index contributed by atoms with van der Waals surface area (Å²) in [7, 11) is 0. The number of hydrogen-bond acceptors (Lipinski definition) is 4. The van der Waals surface area contributed by atoms with E-state index in [9.17, 15) is 0 Å². The average molecular weight is 338 g/mol. The lowest BCUT2D eigenvalue weighted by Crippen LogP contribution is -2.03. The van der Waals surface area contributed by atoms with Gasteiger partial charge < -0.3 is 0 Å². The molecule has 0 amide bonds. The Labute approximate surface area is 148 Å². The Morgan fingerprint density at radius 1 is 0.840 bits per heavy atom. The zero-order valence-corrected chi connectivity index (χ0v) is 15.0. The SMILES string of the molecule is CCCCCCc1cc(Cc2nc[nH]n2)c(C)c(Cc2nc[nH]n2)c1. The van der Waals surface area contributed by atoms with E-state index < -0.39 is 0 Å². The monoisotopic (exact) mass is 338 g/mol. The van der Waals surface area contributed by atoms with Crippen molar-refractivity contribution in [2.75, 3.05) is 0 Å². The molecule has 0 radical (unpaired) electrons. The molecule has 0 atom stereocenters. The molecule has 25 heavy (non-hydrogen) atoms. The molecule has 132 valence electrons. The van der Waals surface area contributed by atoms with Gasteiger partial charge in [-0.1, -0.05) is 38.3 Å². The zero-order chi connectivity index (χ0) is 17.5. The van der Waals surface area contributed by atoms with Gasteiger partial charge in [-0.05, 0) is 42.0 Å². The largest absolute Gasteiger partial charge is 0.266 e. The standard InChI is InChI=1S/C19H26N6/c1-3-4-5-6-7-15-8-16(10-18-20-12-22-24-18)14(2)17(9-15)11-19-21-13-23-25-19/h8-9,12-13H,3-7,10-11H2,1-2H3,(H,20,22,24)(H,21,23,25). The number of benzene rings is 1. The first-order chi connectivity index (χ1) is 12.3. The molecule has 0 spiro atoms. The average Bonchev–Trinajstić information content (AvgIpc) is 3.29. The maximum absolute atomic E-state index is 4.28. The van der Waals surface area contributed by atoms with Crippen molar-refractivity contribution < 1.29 is 0 Å². The maximum Gasteiger partial charge on any atom is 0.154 e. The van der Waals surface area contributed by atoms with E-state index in [2.05, 4.69) is 56.3 Å². The molecule has 1 aromatic carbocycles. The van der Waals surface area contributed by atoms with Gasteiger partial charge in [0.05, 0.1) is 0 Å². The van der Waals surface area contributed by atoms with Crippen LogP contribution in [-0.4, -0.2) is 30.4 Å². The fourth-order valence-corrected chi connectivity index (χ4v) is 3.16. The second-order valence-corrected chi connectivity index (χ2v) is 6.53. The van der Waals surface area contributed by atoms with E-state index >= 15 is 0 Å². The molecule has 0 saturated heterocycles. The van der Waals surface area contributed by atoms with E-state index in [-0.39, 0.29) is 0 Å². The number of rotatable bonds is 9. The third-order valence-corrected chi connectivity index (χ3v) is 4.63. The van der Waals surface area contributed by atoms with E-state index in [0.717, 1.165) is 30.9 Å². The molecular formula is C19H26N6. The Balaban J connectivity index is 1.83. The molecule has 2 aromatic heterocycles. The first kappa shape index (κ1) is 17.3. The third kappa shape index (κ3) is 4.75. The number of aromatic amines is 2. The lowest BCUT2D eigenvalue weighted by atomic mass is 9.92. The summed E-state index contributed by atoms with van der Waals surface area (Å²) in [6, 6.07) is 4.64. The van der Waals surface area contributed by atoms with E-state index in [1.807, 2.05) is 0 Å². The summed E-state index contributed by atoms with van der Waals surface area (Å²) >= 11 is 0.